The summed E-state index contributed by atoms with van der Waals surface area (Å²) < 4.78 is 1.66. The number of hydrogen-bond acceptors (Lipinski definition) is 6. The lowest BCUT2D eigenvalue weighted by Crippen LogP contribution is -2.22. The Morgan fingerprint density at radius 1 is 1.35 bits per heavy atom. The second-order valence-electron chi connectivity index (χ2n) is 7.66. The Kier molecular flexibility index (Phi) is 4.74. The molecule has 1 aromatic carbocycles. The van der Waals surface area contributed by atoms with Crippen molar-refractivity contribution >= 4 is 34.8 Å². The van der Waals surface area contributed by atoms with Gasteiger partial charge < -0.3 is 15.4 Å². The first-order chi connectivity index (χ1) is 15.0. The molecule has 1 atom stereocenters. The molecule has 0 saturated heterocycles. The first-order valence-electron chi connectivity index (χ1n) is 9.94. The maximum atomic E-state index is 11.5. The minimum Gasteiger partial charge on any atom is -0.493 e. The van der Waals surface area contributed by atoms with Crippen molar-refractivity contribution in [3.63, 3.8) is 0 Å². The number of benzene rings is 1. The summed E-state index contributed by atoms with van der Waals surface area (Å²) in [5.41, 5.74) is 1.75. The van der Waals surface area contributed by atoms with Gasteiger partial charge >= 0.3 is 5.69 Å². The Balaban J connectivity index is 1.68. The summed E-state index contributed by atoms with van der Waals surface area (Å²) in [4.78, 5) is 25.9. The molecule has 0 unspecified atom stereocenters. The van der Waals surface area contributed by atoms with Gasteiger partial charge in [0.05, 0.1) is 12.2 Å². The van der Waals surface area contributed by atoms with Crippen LogP contribution in [0.1, 0.15) is 25.5 Å². The molecule has 3 aromatic heterocycles. The van der Waals surface area contributed by atoms with Gasteiger partial charge in [-0.15, -0.1) is 0 Å². The molecule has 10 heteroatoms. The van der Waals surface area contributed by atoms with Gasteiger partial charge in [0.25, 0.3) is 0 Å². The van der Waals surface area contributed by atoms with Crippen molar-refractivity contribution in [1.29, 1.82) is 0 Å². The van der Waals surface area contributed by atoms with Crippen LogP contribution in [-0.2, 0) is 0 Å². The van der Waals surface area contributed by atoms with Gasteiger partial charge in [0.2, 0.25) is 5.88 Å². The normalized spacial score (nSPS) is 16.2. The van der Waals surface area contributed by atoms with Gasteiger partial charge in [0.15, 0.2) is 11.1 Å². The number of H-pyrrole nitrogens is 2. The Morgan fingerprint density at radius 2 is 2.19 bits per heavy atom. The number of aromatic nitrogens is 5. The quantitative estimate of drug-likeness (QED) is 0.380. The largest absolute Gasteiger partial charge is 0.493 e. The van der Waals surface area contributed by atoms with E-state index >= 15 is 0 Å². The predicted molar refractivity (Wildman–Crippen MR) is 117 cm³/mol. The van der Waals surface area contributed by atoms with E-state index in [4.69, 9.17) is 21.6 Å². The average Bonchev–Trinajstić information content (AvgIpc) is 3.42. The molecule has 0 spiro atoms. The fourth-order valence-electron chi connectivity index (χ4n) is 3.48. The summed E-state index contributed by atoms with van der Waals surface area (Å²) in [6.45, 7) is 2.10. The van der Waals surface area contributed by atoms with Crippen LogP contribution in [0.3, 0.4) is 0 Å². The van der Waals surface area contributed by atoms with Crippen LogP contribution in [0.2, 0.25) is 5.02 Å². The Morgan fingerprint density at radius 3 is 2.90 bits per heavy atom. The van der Waals surface area contributed by atoms with Crippen molar-refractivity contribution in [2.24, 2.45) is 10.9 Å². The highest BCUT2D eigenvalue weighted by Gasteiger charge is 2.27. The van der Waals surface area contributed by atoms with Crippen LogP contribution >= 0.6 is 11.6 Å². The maximum absolute atomic E-state index is 11.5. The molecule has 31 heavy (non-hydrogen) atoms. The van der Waals surface area contributed by atoms with E-state index in [0.29, 0.717) is 33.1 Å². The lowest BCUT2D eigenvalue weighted by Gasteiger charge is -2.08. The van der Waals surface area contributed by atoms with Crippen LogP contribution in [0.15, 0.2) is 46.3 Å². The number of rotatable bonds is 5. The van der Waals surface area contributed by atoms with E-state index < -0.39 is 5.69 Å². The van der Waals surface area contributed by atoms with Crippen LogP contribution in [0.5, 0.6) is 5.88 Å². The molecule has 1 fully saturated rings. The third-order valence-electron chi connectivity index (χ3n) is 5.25. The van der Waals surface area contributed by atoms with E-state index in [1.165, 1.54) is 12.8 Å². The number of nitrogens with one attached hydrogen (secondary N) is 3. The monoisotopic (exact) mass is 437 g/mol. The Labute approximate surface area is 181 Å². The molecule has 4 N–H and O–H groups in total. The van der Waals surface area contributed by atoms with Crippen molar-refractivity contribution in [3.8, 4) is 5.88 Å². The molecule has 0 bridgehead atoms. The Hall–Kier alpha value is -3.59. The van der Waals surface area contributed by atoms with Crippen LogP contribution in [0.25, 0.3) is 11.7 Å². The fourth-order valence-corrected chi connectivity index (χ4v) is 3.67. The maximum Gasteiger partial charge on any atom is 0.326 e. The molecule has 158 valence electrons. The highest BCUT2D eigenvalue weighted by molar-refractivity contribution is 6.30. The summed E-state index contributed by atoms with van der Waals surface area (Å²) in [6.07, 6.45) is 5.60. The summed E-state index contributed by atoms with van der Waals surface area (Å²) in [5.74, 6) is 0.930. The van der Waals surface area contributed by atoms with Gasteiger partial charge in [-0.2, -0.15) is 9.61 Å². The number of aromatic hydroxyl groups is 1. The van der Waals surface area contributed by atoms with Crippen LogP contribution in [0, 0.1) is 5.92 Å². The van der Waals surface area contributed by atoms with Crippen molar-refractivity contribution in [2.45, 2.75) is 25.8 Å². The lowest BCUT2D eigenvalue weighted by molar-refractivity contribution is 0.454. The molecular formula is C21H20ClN7O2. The van der Waals surface area contributed by atoms with E-state index in [-0.39, 0.29) is 17.6 Å². The van der Waals surface area contributed by atoms with Crippen molar-refractivity contribution in [3.05, 3.63) is 68.4 Å². The number of halogens is 1. The van der Waals surface area contributed by atoms with Gasteiger partial charge in [0.1, 0.15) is 11.5 Å². The number of fused-ring (bicyclic) bond motifs is 1. The fraction of sp³-hybridized carbons (Fsp3) is 0.238. The van der Waals surface area contributed by atoms with Crippen molar-refractivity contribution < 1.29 is 5.11 Å². The minimum absolute atomic E-state index is 0.173. The molecule has 4 aromatic rings. The van der Waals surface area contributed by atoms with Gasteiger partial charge in [-0.25, -0.2) is 9.78 Å². The first kappa shape index (κ1) is 19.4. The molecule has 0 amide bonds. The molecule has 1 aliphatic carbocycles. The molecule has 5 rings (SSSR count). The molecule has 3 heterocycles. The number of hydrogen-bond donors (Lipinski definition) is 4. The number of imidazole rings is 1. The second-order valence-corrected chi connectivity index (χ2v) is 8.10. The van der Waals surface area contributed by atoms with Gasteiger partial charge in [-0.1, -0.05) is 17.7 Å². The molecule has 9 nitrogen and oxygen atoms in total. The SMILES string of the molecule is C[C@@H](N=c1cc(Nc2cccc(Cl)c2)nc2/c(=C\c3[nH]c(=O)[nH]c3O)cnn12)C1CC1. The number of aromatic amines is 2. The third-order valence-corrected chi connectivity index (χ3v) is 5.49. The minimum atomic E-state index is -0.495. The lowest BCUT2D eigenvalue weighted by atomic mass is 10.2. The molecule has 1 aliphatic rings. The predicted octanol–water partition coefficient (Wildman–Crippen LogP) is 2.10. The number of anilines is 2. The first-order valence-corrected chi connectivity index (χ1v) is 10.3. The van der Waals surface area contributed by atoms with Crippen LogP contribution < -0.4 is 21.7 Å². The van der Waals surface area contributed by atoms with Gasteiger partial charge in [0, 0.05) is 22.0 Å². The summed E-state index contributed by atoms with van der Waals surface area (Å²) in [5, 5.41) is 18.9. The smallest absolute Gasteiger partial charge is 0.326 e. The topological polar surface area (TPSA) is 123 Å². The average molecular weight is 438 g/mol. The van der Waals surface area contributed by atoms with E-state index in [1.807, 2.05) is 24.3 Å². The molecule has 1 saturated carbocycles. The molecule has 0 aliphatic heterocycles. The third kappa shape index (κ3) is 4.04. The molecular weight excluding hydrogens is 418 g/mol. The van der Waals surface area contributed by atoms with Crippen molar-refractivity contribution in [2.75, 3.05) is 5.32 Å². The van der Waals surface area contributed by atoms with Crippen LogP contribution in [0.4, 0.5) is 11.5 Å². The number of nitrogens with zero attached hydrogens (tertiary/aromatic N) is 4. The highest BCUT2D eigenvalue weighted by atomic mass is 35.5. The zero-order chi connectivity index (χ0) is 21.5. The molecule has 0 radical (unpaired) electrons. The van der Waals surface area contributed by atoms with E-state index in [9.17, 15) is 9.90 Å². The van der Waals surface area contributed by atoms with Gasteiger partial charge in [-0.3, -0.25) is 9.98 Å². The van der Waals surface area contributed by atoms with E-state index in [1.54, 1.807) is 22.9 Å². The zero-order valence-electron chi connectivity index (χ0n) is 16.6. The standard InChI is InChI=1S/C21H20ClN7O2/c1-11(12-5-6-12)24-18-9-17(25-15-4-2-3-14(22)8-15)27-19-13(10-23-29(18)19)7-16-20(30)28-21(31)26-16/h2-4,7-12,25,30H,5-6H2,1H3,(H2,26,28,31)/b13-7-,24-18?/t11-/m1/s1. The van der Waals surface area contributed by atoms with Crippen molar-refractivity contribution in [1.82, 2.24) is 24.6 Å². The van der Waals surface area contributed by atoms with E-state index in [2.05, 4.69) is 27.3 Å². The van der Waals surface area contributed by atoms with Crippen LogP contribution in [-0.4, -0.2) is 35.7 Å². The van der Waals surface area contributed by atoms with Gasteiger partial charge in [-0.05, 0) is 50.0 Å². The summed E-state index contributed by atoms with van der Waals surface area (Å²) >= 11 is 6.11. The Bertz CT molecular complexity index is 1450. The summed E-state index contributed by atoms with van der Waals surface area (Å²) in [6, 6.07) is 9.38. The highest BCUT2D eigenvalue weighted by Crippen LogP contribution is 2.33. The van der Waals surface area contributed by atoms with E-state index in [0.717, 1.165) is 5.69 Å². The summed E-state index contributed by atoms with van der Waals surface area (Å²) in [7, 11) is 0. The second kappa shape index (κ2) is 7.59. The zero-order valence-corrected chi connectivity index (χ0v) is 17.4.